The number of hydrogen-bond donors (Lipinski definition) is 2. The highest BCUT2D eigenvalue weighted by atomic mass is 127. The van der Waals surface area contributed by atoms with Crippen molar-refractivity contribution in [3.63, 3.8) is 0 Å². The predicted octanol–water partition coefficient (Wildman–Crippen LogP) is 3.03. The smallest absolute Gasteiger partial charge is 0.322 e. The summed E-state index contributed by atoms with van der Waals surface area (Å²) in [5.41, 5.74) is 1.23. The van der Waals surface area contributed by atoms with Crippen LogP contribution in [0.5, 0.6) is 5.75 Å². The third-order valence-corrected chi connectivity index (χ3v) is 4.25. The Morgan fingerprint density at radius 1 is 1.44 bits per heavy atom. The molecular formula is C12H10INO3S. The third-order valence-electron chi connectivity index (χ3n) is 2.49. The molecule has 0 aliphatic carbocycles. The Balaban J connectivity index is 2.62. The molecule has 1 unspecified atom stereocenters. The van der Waals surface area contributed by atoms with Crippen molar-refractivity contribution in [3.8, 4) is 5.75 Å². The molecule has 0 spiro atoms. The van der Waals surface area contributed by atoms with Crippen LogP contribution in [0.2, 0.25) is 0 Å². The first-order chi connectivity index (χ1) is 8.52. The van der Waals surface area contributed by atoms with Crippen LogP contribution in [-0.4, -0.2) is 27.4 Å². The van der Waals surface area contributed by atoms with Crippen LogP contribution in [0.4, 0.5) is 0 Å². The fourth-order valence-corrected chi connectivity index (χ4v) is 3.25. The number of fused-ring (bicyclic) bond motifs is 1. The summed E-state index contributed by atoms with van der Waals surface area (Å²) in [5, 5.41) is 18.7. The second-order valence-electron chi connectivity index (χ2n) is 3.69. The largest absolute Gasteiger partial charge is 0.508 e. The molecule has 4 nitrogen and oxygen atoms in total. The first kappa shape index (κ1) is 13.4. The van der Waals surface area contributed by atoms with Crippen LogP contribution in [0.3, 0.4) is 0 Å². The van der Waals surface area contributed by atoms with E-state index in [1.165, 1.54) is 11.8 Å². The average Bonchev–Trinajstić information content (AvgIpc) is 2.30. The van der Waals surface area contributed by atoms with Gasteiger partial charge < -0.3 is 10.2 Å². The van der Waals surface area contributed by atoms with Crippen molar-refractivity contribution in [2.75, 3.05) is 6.26 Å². The van der Waals surface area contributed by atoms with E-state index in [1.807, 2.05) is 6.07 Å². The van der Waals surface area contributed by atoms with E-state index in [9.17, 15) is 9.90 Å². The lowest BCUT2D eigenvalue weighted by atomic mass is 10.1. The summed E-state index contributed by atoms with van der Waals surface area (Å²) in [6, 6.07) is 6.68. The van der Waals surface area contributed by atoms with Crippen molar-refractivity contribution in [2.24, 2.45) is 0 Å². The van der Waals surface area contributed by atoms with Gasteiger partial charge in [0.25, 0.3) is 0 Å². The van der Waals surface area contributed by atoms with Crippen molar-refractivity contribution in [1.29, 1.82) is 0 Å². The molecule has 2 N–H and O–H groups in total. The number of nitrogens with zero attached hydrogens (tertiary/aromatic N) is 1. The molecule has 2 aromatic rings. The van der Waals surface area contributed by atoms with Crippen LogP contribution in [0.25, 0.3) is 10.9 Å². The highest BCUT2D eigenvalue weighted by molar-refractivity contribution is 14.1. The molecule has 0 radical (unpaired) electrons. The van der Waals surface area contributed by atoms with Crippen molar-refractivity contribution in [1.82, 2.24) is 4.98 Å². The Bertz CT molecular complexity index is 618. The number of halogens is 1. The first-order valence-corrected chi connectivity index (χ1v) is 7.44. The fraction of sp³-hybridized carbons (Fsp3) is 0.167. The molecular weight excluding hydrogens is 365 g/mol. The van der Waals surface area contributed by atoms with Gasteiger partial charge in [0.05, 0.1) is 11.2 Å². The lowest BCUT2D eigenvalue weighted by Gasteiger charge is -2.12. The second kappa shape index (κ2) is 5.31. The number of phenolic OH excluding ortho intramolecular Hbond substituents is 1. The third kappa shape index (κ3) is 2.54. The number of aromatic hydroxyl groups is 1. The normalized spacial score (nSPS) is 12.6. The van der Waals surface area contributed by atoms with Gasteiger partial charge in [0.15, 0.2) is 0 Å². The van der Waals surface area contributed by atoms with Gasteiger partial charge >= 0.3 is 5.97 Å². The number of carboxylic acids is 1. The van der Waals surface area contributed by atoms with Crippen molar-refractivity contribution in [2.45, 2.75) is 5.25 Å². The Morgan fingerprint density at radius 2 is 2.17 bits per heavy atom. The summed E-state index contributed by atoms with van der Waals surface area (Å²) in [6.07, 6.45) is 1.75. The van der Waals surface area contributed by atoms with Gasteiger partial charge in [0.2, 0.25) is 0 Å². The summed E-state index contributed by atoms with van der Waals surface area (Å²) in [4.78, 5) is 15.6. The minimum absolute atomic E-state index is 0.174. The van der Waals surface area contributed by atoms with E-state index in [2.05, 4.69) is 27.6 Å². The zero-order valence-corrected chi connectivity index (χ0v) is 12.4. The molecule has 1 aromatic carbocycles. The predicted molar refractivity (Wildman–Crippen MR) is 80.0 cm³/mol. The van der Waals surface area contributed by atoms with E-state index in [1.54, 1.807) is 24.5 Å². The van der Waals surface area contributed by atoms with E-state index < -0.39 is 11.2 Å². The number of benzene rings is 1. The molecule has 0 amide bonds. The maximum atomic E-state index is 11.2. The molecule has 0 saturated carbocycles. The van der Waals surface area contributed by atoms with Gasteiger partial charge in [-0.05, 0) is 53.1 Å². The number of phenols is 1. The number of carboxylic acid groups (broad SMARTS) is 1. The van der Waals surface area contributed by atoms with E-state index in [-0.39, 0.29) is 5.75 Å². The fourth-order valence-electron chi connectivity index (χ4n) is 1.67. The van der Waals surface area contributed by atoms with Crippen molar-refractivity contribution < 1.29 is 15.0 Å². The molecule has 0 fully saturated rings. The molecule has 0 aliphatic rings. The minimum Gasteiger partial charge on any atom is -0.508 e. The Hall–Kier alpha value is -1.02. The SMILES string of the molecule is CSC(C(=O)O)c1nc2ccc(O)cc2cc1I. The molecule has 6 heteroatoms. The van der Waals surface area contributed by atoms with E-state index in [0.29, 0.717) is 11.2 Å². The zero-order chi connectivity index (χ0) is 13.3. The van der Waals surface area contributed by atoms with E-state index in [4.69, 9.17) is 5.11 Å². The number of carbonyl (C=O) groups is 1. The van der Waals surface area contributed by atoms with Crippen molar-refractivity contribution in [3.05, 3.63) is 33.5 Å². The monoisotopic (exact) mass is 375 g/mol. The summed E-state index contributed by atoms with van der Waals surface area (Å²) in [7, 11) is 0. The molecule has 0 aliphatic heterocycles. The maximum absolute atomic E-state index is 11.2. The second-order valence-corrected chi connectivity index (χ2v) is 5.79. The molecule has 1 atom stereocenters. The average molecular weight is 375 g/mol. The van der Waals surface area contributed by atoms with Crippen LogP contribution >= 0.6 is 34.4 Å². The zero-order valence-electron chi connectivity index (χ0n) is 9.42. The number of hydrogen-bond acceptors (Lipinski definition) is 4. The number of rotatable bonds is 3. The molecule has 18 heavy (non-hydrogen) atoms. The molecule has 94 valence electrons. The van der Waals surface area contributed by atoms with Crippen LogP contribution in [-0.2, 0) is 4.79 Å². The highest BCUT2D eigenvalue weighted by Crippen LogP contribution is 2.31. The van der Waals surface area contributed by atoms with Gasteiger partial charge in [0, 0.05) is 8.96 Å². The number of pyridine rings is 1. The van der Waals surface area contributed by atoms with Gasteiger partial charge in [-0.3, -0.25) is 4.79 Å². The lowest BCUT2D eigenvalue weighted by molar-refractivity contribution is -0.136. The summed E-state index contributed by atoms with van der Waals surface area (Å²) < 4.78 is 0.785. The Morgan fingerprint density at radius 3 is 2.78 bits per heavy atom. The summed E-state index contributed by atoms with van der Waals surface area (Å²) in [6.45, 7) is 0. The highest BCUT2D eigenvalue weighted by Gasteiger charge is 2.23. The number of thioether (sulfide) groups is 1. The van der Waals surface area contributed by atoms with Gasteiger partial charge in [-0.2, -0.15) is 0 Å². The Kier molecular flexibility index (Phi) is 3.96. The van der Waals surface area contributed by atoms with Crippen molar-refractivity contribution >= 4 is 51.2 Å². The van der Waals surface area contributed by atoms with Gasteiger partial charge in [-0.1, -0.05) is 0 Å². The molecule has 0 bridgehead atoms. The van der Waals surface area contributed by atoms with Crippen LogP contribution in [0, 0.1) is 3.57 Å². The van der Waals surface area contributed by atoms with Crippen LogP contribution < -0.4 is 0 Å². The van der Waals surface area contributed by atoms with Crippen LogP contribution in [0.15, 0.2) is 24.3 Å². The summed E-state index contributed by atoms with van der Waals surface area (Å²) >= 11 is 3.31. The number of aliphatic carboxylic acids is 1. The standard InChI is InChI=1S/C12H10INO3S/c1-18-11(12(16)17)10-8(13)5-6-4-7(15)2-3-9(6)14-10/h2-5,11,15H,1H3,(H,16,17). The van der Waals surface area contributed by atoms with Gasteiger partial charge in [-0.25, -0.2) is 4.98 Å². The summed E-state index contributed by atoms with van der Waals surface area (Å²) in [5.74, 6) is -0.724. The van der Waals surface area contributed by atoms with Gasteiger partial charge in [-0.15, -0.1) is 11.8 Å². The Labute approximate surface area is 122 Å². The van der Waals surface area contributed by atoms with Gasteiger partial charge in [0.1, 0.15) is 11.0 Å². The molecule has 1 heterocycles. The van der Waals surface area contributed by atoms with E-state index in [0.717, 1.165) is 8.96 Å². The molecule has 0 saturated heterocycles. The first-order valence-electron chi connectivity index (χ1n) is 5.07. The quantitative estimate of drug-likeness (QED) is 0.808. The lowest BCUT2D eigenvalue weighted by Crippen LogP contribution is -2.11. The van der Waals surface area contributed by atoms with Crippen LogP contribution in [0.1, 0.15) is 10.9 Å². The topological polar surface area (TPSA) is 70.4 Å². The minimum atomic E-state index is -0.897. The maximum Gasteiger partial charge on any atom is 0.322 e. The van der Waals surface area contributed by atoms with E-state index >= 15 is 0 Å². The molecule has 2 rings (SSSR count). The molecule has 1 aromatic heterocycles. The number of aromatic nitrogens is 1.